The normalized spacial score (nSPS) is 10.3. The molecule has 4 nitrogen and oxygen atoms in total. The van der Waals surface area contributed by atoms with E-state index in [1.54, 1.807) is 24.3 Å². The van der Waals surface area contributed by atoms with E-state index in [1.807, 2.05) is 6.92 Å². The first kappa shape index (κ1) is 17.0. The van der Waals surface area contributed by atoms with Gasteiger partial charge in [0.05, 0.1) is 0 Å². The summed E-state index contributed by atoms with van der Waals surface area (Å²) in [5.74, 6) is -1.16. The van der Waals surface area contributed by atoms with E-state index in [9.17, 15) is 14.0 Å². The highest BCUT2D eigenvalue weighted by atomic mass is 35.5. The zero-order chi connectivity index (χ0) is 17.0. The summed E-state index contributed by atoms with van der Waals surface area (Å²) in [5, 5.41) is 3.04. The molecular weight excluding hydrogens is 319 g/mol. The lowest BCUT2D eigenvalue weighted by Gasteiger charge is -2.22. The van der Waals surface area contributed by atoms with Crippen molar-refractivity contribution in [2.24, 2.45) is 0 Å². The summed E-state index contributed by atoms with van der Waals surface area (Å²) in [7, 11) is 0. The van der Waals surface area contributed by atoms with E-state index in [-0.39, 0.29) is 12.5 Å². The number of nitrogens with one attached hydrogen (secondary N) is 1. The van der Waals surface area contributed by atoms with Crippen molar-refractivity contribution in [3.8, 4) is 0 Å². The smallest absolute Gasteiger partial charge is 0.244 e. The monoisotopic (exact) mass is 334 g/mol. The standard InChI is InChI=1S/C17H16ClFN2O2/c1-11-6-7-13(18)8-16(11)21(12(2)22)10-17(23)20-15-5-3-4-14(19)9-15/h3-9H,10H2,1-2H3,(H,20,23). The van der Waals surface area contributed by atoms with Crippen molar-refractivity contribution in [2.75, 3.05) is 16.8 Å². The number of anilines is 2. The highest BCUT2D eigenvalue weighted by molar-refractivity contribution is 6.31. The Morgan fingerprint density at radius 1 is 1.22 bits per heavy atom. The molecule has 0 aromatic heterocycles. The molecule has 0 fully saturated rings. The molecule has 2 aromatic rings. The number of nitrogens with zero attached hydrogens (tertiary/aromatic N) is 1. The molecular formula is C17H16ClFN2O2. The fourth-order valence-corrected chi connectivity index (χ4v) is 2.32. The highest BCUT2D eigenvalue weighted by Crippen LogP contribution is 2.24. The average Bonchev–Trinajstić information content (AvgIpc) is 2.47. The van der Waals surface area contributed by atoms with Crippen molar-refractivity contribution in [1.29, 1.82) is 0 Å². The molecule has 120 valence electrons. The first-order valence-corrected chi connectivity index (χ1v) is 7.34. The minimum Gasteiger partial charge on any atom is -0.324 e. The second-order valence-electron chi connectivity index (χ2n) is 5.09. The summed E-state index contributed by atoms with van der Waals surface area (Å²) in [5.41, 5.74) is 1.73. The number of benzene rings is 2. The summed E-state index contributed by atoms with van der Waals surface area (Å²) in [6, 6.07) is 10.7. The first-order chi connectivity index (χ1) is 10.9. The van der Waals surface area contributed by atoms with Gasteiger partial charge in [-0.15, -0.1) is 0 Å². The zero-order valence-electron chi connectivity index (χ0n) is 12.8. The van der Waals surface area contributed by atoms with Crippen LogP contribution >= 0.6 is 11.6 Å². The van der Waals surface area contributed by atoms with Gasteiger partial charge in [-0.1, -0.05) is 23.7 Å². The number of aryl methyl sites for hydroxylation is 1. The summed E-state index contributed by atoms with van der Waals surface area (Å²) in [4.78, 5) is 25.4. The predicted molar refractivity (Wildman–Crippen MR) is 89.2 cm³/mol. The Balaban J connectivity index is 2.18. The Hall–Kier alpha value is -2.40. The van der Waals surface area contributed by atoms with Crippen molar-refractivity contribution < 1.29 is 14.0 Å². The average molecular weight is 335 g/mol. The van der Waals surface area contributed by atoms with Crippen molar-refractivity contribution in [3.05, 3.63) is 58.9 Å². The van der Waals surface area contributed by atoms with Crippen LogP contribution in [0, 0.1) is 12.7 Å². The van der Waals surface area contributed by atoms with Crippen molar-refractivity contribution in [2.45, 2.75) is 13.8 Å². The maximum atomic E-state index is 13.1. The van der Waals surface area contributed by atoms with Crippen LogP contribution in [0.5, 0.6) is 0 Å². The molecule has 0 heterocycles. The van der Waals surface area contributed by atoms with Gasteiger partial charge in [0.2, 0.25) is 11.8 Å². The van der Waals surface area contributed by atoms with E-state index in [0.717, 1.165) is 5.56 Å². The van der Waals surface area contributed by atoms with Crippen LogP contribution in [0.25, 0.3) is 0 Å². The van der Waals surface area contributed by atoms with Crippen molar-refractivity contribution >= 4 is 34.8 Å². The van der Waals surface area contributed by atoms with Crippen LogP contribution in [-0.2, 0) is 9.59 Å². The molecule has 0 saturated heterocycles. The minimum absolute atomic E-state index is 0.187. The van der Waals surface area contributed by atoms with Gasteiger partial charge in [-0.3, -0.25) is 9.59 Å². The second kappa shape index (κ2) is 7.24. The summed E-state index contributed by atoms with van der Waals surface area (Å²) in [6.07, 6.45) is 0. The zero-order valence-corrected chi connectivity index (χ0v) is 13.5. The van der Waals surface area contributed by atoms with E-state index in [4.69, 9.17) is 11.6 Å². The van der Waals surface area contributed by atoms with Gasteiger partial charge in [-0.05, 0) is 42.8 Å². The van der Waals surface area contributed by atoms with Crippen LogP contribution in [0.1, 0.15) is 12.5 Å². The lowest BCUT2D eigenvalue weighted by atomic mass is 10.1. The molecule has 23 heavy (non-hydrogen) atoms. The van der Waals surface area contributed by atoms with Gasteiger partial charge in [0.1, 0.15) is 12.4 Å². The summed E-state index contributed by atoms with van der Waals surface area (Å²) in [6.45, 7) is 3.01. The lowest BCUT2D eigenvalue weighted by molar-refractivity contribution is -0.120. The third-order valence-electron chi connectivity index (χ3n) is 3.25. The molecule has 1 N–H and O–H groups in total. The molecule has 0 aliphatic carbocycles. The molecule has 0 aliphatic rings. The largest absolute Gasteiger partial charge is 0.324 e. The summed E-state index contributed by atoms with van der Waals surface area (Å²) >= 11 is 5.97. The van der Waals surface area contributed by atoms with Crippen LogP contribution < -0.4 is 10.2 Å². The SMILES string of the molecule is CC(=O)N(CC(=O)Nc1cccc(F)c1)c1cc(Cl)ccc1C. The molecule has 0 spiro atoms. The van der Waals surface area contributed by atoms with Gasteiger partial charge in [-0.2, -0.15) is 0 Å². The number of hydrogen-bond donors (Lipinski definition) is 1. The van der Waals surface area contributed by atoms with E-state index in [0.29, 0.717) is 16.4 Å². The van der Waals surface area contributed by atoms with E-state index in [1.165, 1.54) is 30.0 Å². The molecule has 2 aromatic carbocycles. The number of halogens is 2. The van der Waals surface area contributed by atoms with Gasteiger partial charge < -0.3 is 10.2 Å². The number of amides is 2. The lowest BCUT2D eigenvalue weighted by Crippen LogP contribution is -2.37. The number of rotatable bonds is 4. The van der Waals surface area contributed by atoms with Gasteiger partial charge >= 0.3 is 0 Å². The third-order valence-corrected chi connectivity index (χ3v) is 3.49. The van der Waals surface area contributed by atoms with Crippen molar-refractivity contribution in [3.63, 3.8) is 0 Å². The number of carbonyl (C=O) groups is 2. The van der Waals surface area contributed by atoms with E-state index < -0.39 is 11.7 Å². The van der Waals surface area contributed by atoms with E-state index in [2.05, 4.69) is 5.32 Å². The summed E-state index contributed by atoms with van der Waals surface area (Å²) < 4.78 is 13.1. The Bertz CT molecular complexity index is 749. The Kier molecular flexibility index (Phi) is 5.34. The fraction of sp³-hybridized carbons (Fsp3) is 0.176. The molecule has 0 atom stereocenters. The topological polar surface area (TPSA) is 49.4 Å². The van der Waals surface area contributed by atoms with E-state index >= 15 is 0 Å². The first-order valence-electron chi connectivity index (χ1n) is 6.96. The molecule has 0 unspecified atom stereocenters. The Morgan fingerprint density at radius 2 is 1.96 bits per heavy atom. The number of hydrogen-bond acceptors (Lipinski definition) is 2. The number of carbonyl (C=O) groups excluding carboxylic acids is 2. The van der Waals surface area contributed by atoms with Crippen LogP contribution in [0.2, 0.25) is 5.02 Å². The van der Waals surface area contributed by atoms with Crippen LogP contribution in [0.4, 0.5) is 15.8 Å². The fourth-order valence-electron chi connectivity index (χ4n) is 2.15. The molecule has 0 bridgehead atoms. The van der Waals surface area contributed by atoms with Crippen LogP contribution in [0.15, 0.2) is 42.5 Å². The van der Waals surface area contributed by atoms with Gasteiger partial charge in [0.15, 0.2) is 0 Å². The highest BCUT2D eigenvalue weighted by Gasteiger charge is 2.18. The van der Waals surface area contributed by atoms with Crippen LogP contribution in [-0.4, -0.2) is 18.4 Å². The van der Waals surface area contributed by atoms with Gasteiger partial charge in [0, 0.05) is 23.3 Å². The van der Waals surface area contributed by atoms with Gasteiger partial charge in [-0.25, -0.2) is 4.39 Å². The van der Waals surface area contributed by atoms with Gasteiger partial charge in [0.25, 0.3) is 0 Å². The molecule has 6 heteroatoms. The quantitative estimate of drug-likeness (QED) is 0.925. The van der Waals surface area contributed by atoms with Crippen LogP contribution in [0.3, 0.4) is 0 Å². The second-order valence-corrected chi connectivity index (χ2v) is 5.53. The maximum absolute atomic E-state index is 13.1. The third kappa shape index (κ3) is 4.53. The molecule has 0 radical (unpaired) electrons. The Labute approximate surface area is 138 Å². The minimum atomic E-state index is -0.447. The molecule has 0 aliphatic heterocycles. The maximum Gasteiger partial charge on any atom is 0.244 e. The van der Waals surface area contributed by atoms with Crippen molar-refractivity contribution in [1.82, 2.24) is 0 Å². The molecule has 2 amide bonds. The predicted octanol–water partition coefficient (Wildman–Crippen LogP) is 3.78. The Morgan fingerprint density at radius 3 is 2.61 bits per heavy atom. The molecule has 0 saturated carbocycles. The molecule has 2 rings (SSSR count).